The molecule has 5 nitrogen and oxygen atoms in total. The molecule has 0 aliphatic rings. The van der Waals surface area contributed by atoms with Crippen molar-refractivity contribution in [2.45, 2.75) is 0 Å². The van der Waals surface area contributed by atoms with Crippen LogP contribution in [-0.4, -0.2) is 24.6 Å². The Hall–Kier alpha value is -6.46. The summed E-state index contributed by atoms with van der Waals surface area (Å²) in [6.07, 6.45) is 2.06. The predicted octanol–water partition coefficient (Wildman–Crippen LogP) is 10.2. The Morgan fingerprint density at radius 2 is 1.04 bits per heavy atom. The molecular formula is C42H27N5. The number of hydrogen-bond acceptors (Lipinski definition) is 4. The molecule has 0 saturated carbocycles. The number of nitrogens with zero attached hydrogens (tertiary/aromatic N) is 5. The van der Waals surface area contributed by atoms with Crippen molar-refractivity contribution in [3.8, 4) is 56.3 Å². The average molecular weight is 602 g/mol. The second kappa shape index (κ2) is 11.2. The van der Waals surface area contributed by atoms with Crippen molar-refractivity contribution in [2.24, 2.45) is 0 Å². The van der Waals surface area contributed by atoms with Gasteiger partial charge in [0.1, 0.15) is 0 Å². The van der Waals surface area contributed by atoms with Crippen molar-refractivity contribution in [1.29, 1.82) is 0 Å². The fourth-order valence-electron chi connectivity index (χ4n) is 6.37. The van der Waals surface area contributed by atoms with E-state index in [1.54, 1.807) is 0 Å². The highest BCUT2D eigenvalue weighted by atomic mass is 15.3. The zero-order chi connectivity index (χ0) is 31.2. The lowest BCUT2D eigenvalue weighted by Crippen LogP contribution is -1.94. The van der Waals surface area contributed by atoms with Crippen LogP contribution in [-0.2, 0) is 0 Å². The third kappa shape index (κ3) is 4.82. The molecule has 4 aromatic heterocycles. The van der Waals surface area contributed by atoms with Gasteiger partial charge in [0.15, 0.2) is 11.5 Å². The maximum atomic E-state index is 5.14. The van der Waals surface area contributed by atoms with Crippen LogP contribution < -0.4 is 0 Å². The average Bonchev–Trinajstić information content (AvgIpc) is 3.60. The van der Waals surface area contributed by atoms with Crippen LogP contribution in [0.1, 0.15) is 0 Å². The second-order valence-corrected chi connectivity index (χ2v) is 11.6. The molecule has 47 heavy (non-hydrogen) atoms. The number of benzene rings is 5. The minimum Gasteiger partial charge on any atom is -0.246 e. The van der Waals surface area contributed by atoms with E-state index in [1.165, 1.54) is 5.39 Å². The summed E-state index contributed by atoms with van der Waals surface area (Å²) < 4.78 is 1.90. The fraction of sp³-hybridized carbons (Fsp3) is 0. The van der Waals surface area contributed by atoms with Crippen molar-refractivity contribution in [1.82, 2.24) is 24.6 Å². The summed E-state index contributed by atoms with van der Waals surface area (Å²) in [7, 11) is 0. The number of hydrogen-bond donors (Lipinski definition) is 0. The molecule has 0 N–H and O–H groups in total. The minimum absolute atomic E-state index is 0.660. The van der Waals surface area contributed by atoms with Crippen LogP contribution in [0, 0.1) is 0 Å². The molecule has 0 aliphatic heterocycles. The van der Waals surface area contributed by atoms with Crippen molar-refractivity contribution in [3.05, 3.63) is 164 Å². The van der Waals surface area contributed by atoms with Crippen LogP contribution in [0.15, 0.2) is 164 Å². The largest absolute Gasteiger partial charge is 0.246 e. The first-order chi connectivity index (χ1) is 23.3. The lowest BCUT2D eigenvalue weighted by atomic mass is 10.0. The summed E-state index contributed by atoms with van der Waals surface area (Å²) in [4.78, 5) is 15.3. The molecule has 0 fully saturated rings. The number of pyridine rings is 3. The predicted molar refractivity (Wildman–Crippen MR) is 191 cm³/mol. The van der Waals surface area contributed by atoms with Gasteiger partial charge in [-0.15, -0.1) is 5.10 Å². The van der Waals surface area contributed by atoms with E-state index < -0.39 is 0 Å². The first-order valence-electron chi connectivity index (χ1n) is 15.7. The highest BCUT2D eigenvalue weighted by Crippen LogP contribution is 2.34. The fourth-order valence-corrected chi connectivity index (χ4v) is 6.37. The van der Waals surface area contributed by atoms with Crippen molar-refractivity contribution >= 4 is 27.3 Å². The van der Waals surface area contributed by atoms with Crippen molar-refractivity contribution < 1.29 is 0 Å². The van der Waals surface area contributed by atoms with E-state index >= 15 is 0 Å². The van der Waals surface area contributed by atoms with Crippen molar-refractivity contribution in [3.63, 3.8) is 0 Å². The van der Waals surface area contributed by atoms with Crippen LogP contribution in [0.25, 0.3) is 83.6 Å². The zero-order valence-electron chi connectivity index (χ0n) is 25.3. The van der Waals surface area contributed by atoms with Gasteiger partial charge < -0.3 is 0 Å². The van der Waals surface area contributed by atoms with Crippen LogP contribution in [0.3, 0.4) is 0 Å². The van der Waals surface area contributed by atoms with Crippen LogP contribution in [0.4, 0.5) is 0 Å². The highest BCUT2D eigenvalue weighted by Gasteiger charge is 2.16. The van der Waals surface area contributed by atoms with E-state index in [9.17, 15) is 0 Å². The van der Waals surface area contributed by atoms with Crippen LogP contribution >= 0.6 is 0 Å². The Labute approximate surface area is 271 Å². The summed E-state index contributed by atoms with van der Waals surface area (Å²) in [6.45, 7) is 0. The van der Waals surface area contributed by atoms with Gasteiger partial charge in [-0.25, -0.2) is 19.5 Å². The SMILES string of the molecule is c1ccc(-c2cc(-c3ccccc3)c3nc(-c4cccc(-c5cccc(-c6nc7ccccc7c7ccccc67)n5)c4)nn3c2)cc1. The summed E-state index contributed by atoms with van der Waals surface area (Å²) in [5.74, 6) is 0.660. The Bertz CT molecular complexity index is 2570. The summed E-state index contributed by atoms with van der Waals surface area (Å²) in [5, 5.41) is 8.39. The van der Waals surface area contributed by atoms with Gasteiger partial charge >= 0.3 is 0 Å². The number of fused-ring (bicyclic) bond motifs is 4. The van der Waals surface area contributed by atoms with E-state index in [-0.39, 0.29) is 0 Å². The van der Waals surface area contributed by atoms with Gasteiger partial charge in [0.2, 0.25) is 0 Å². The maximum absolute atomic E-state index is 5.14. The molecule has 0 unspecified atom stereocenters. The zero-order valence-corrected chi connectivity index (χ0v) is 25.3. The number of rotatable bonds is 5. The molecule has 0 amide bonds. The molecule has 220 valence electrons. The van der Waals surface area contributed by atoms with Crippen LogP contribution in [0.2, 0.25) is 0 Å². The van der Waals surface area contributed by atoms with Gasteiger partial charge in [0.25, 0.3) is 0 Å². The van der Waals surface area contributed by atoms with Gasteiger partial charge in [-0.3, -0.25) is 0 Å². The third-order valence-corrected chi connectivity index (χ3v) is 8.64. The van der Waals surface area contributed by atoms with E-state index in [0.717, 1.165) is 72.4 Å². The standard InChI is InChI=1S/C42H27N5/c1-3-13-28(14-4-1)32-26-36(29-15-5-2-6-16-29)42-45-41(46-47(42)27-32)31-18-11-17-30(25-31)37-23-12-24-39(43-37)40-35-21-8-7-19-33(35)34-20-9-10-22-38(34)44-40/h1-27H. The third-order valence-electron chi connectivity index (χ3n) is 8.64. The lowest BCUT2D eigenvalue weighted by molar-refractivity contribution is 0.968. The molecule has 9 aromatic rings. The number of aromatic nitrogens is 5. The van der Waals surface area contributed by atoms with Gasteiger partial charge in [-0.1, -0.05) is 127 Å². The Balaban J connectivity index is 1.15. The van der Waals surface area contributed by atoms with E-state index in [4.69, 9.17) is 20.1 Å². The second-order valence-electron chi connectivity index (χ2n) is 11.6. The molecule has 0 radical (unpaired) electrons. The molecular weight excluding hydrogens is 574 g/mol. The highest BCUT2D eigenvalue weighted by molar-refractivity contribution is 6.10. The molecule has 0 saturated heterocycles. The van der Waals surface area contributed by atoms with E-state index in [1.807, 2.05) is 40.9 Å². The summed E-state index contributed by atoms with van der Waals surface area (Å²) in [6, 6.07) is 54.1. The molecule has 0 bridgehead atoms. The van der Waals surface area contributed by atoms with E-state index in [0.29, 0.717) is 5.82 Å². The van der Waals surface area contributed by atoms with Crippen LogP contribution in [0.5, 0.6) is 0 Å². The normalized spacial score (nSPS) is 11.4. The Kier molecular flexibility index (Phi) is 6.39. The molecule has 5 aromatic carbocycles. The van der Waals surface area contributed by atoms with Gasteiger partial charge in [-0.2, -0.15) is 0 Å². The maximum Gasteiger partial charge on any atom is 0.182 e. The minimum atomic E-state index is 0.660. The van der Waals surface area contributed by atoms with Gasteiger partial charge in [-0.05, 0) is 46.8 Å². The molecule has 0 atom stereocenters. The lowest BCUT2D eigenvalue weighted by Gasteiger charge is -2.11. The molecule has 4 heterocycles. The molecule has 0 aliphatic carbocycles. The van der Waals surface area contributed by atoms with E-state index in [2.05, 4.69) is 128 Å². The number of para-hydroxylation sites is 1. The topological polar surface area (TPSA) is 56.0 Å². The Morgan fingerprint density at radius 3 is 1.87 bits per heavy atom. The summed E-state index contributed by atoms with van der Waals surface area (Å²) >= 11 is 0. The van der Waals surface area contributed by atoms with Crippen molar-refractivity contribution in [2.75, 3.05) is 0 Å². The van der Waals surface area contributed by atoms with Gasteiger partial charge in [0, 0.05) is 39.2 Å². The Morgan fingerprint density at radius 1 is 0.404 bits per heavy atom. The quantitative estimate of drug-likeness (QED) is 0.184. The smallest absolute Gasteiger partial charge is 0.182 e. The molecule has 0 spiro atoms. The summed E-state index contributed by atoms with van der Waals surface area (Å²) in [5.41, 5.74) is 10.6. The first-order valence-corrected chi connectivity index (χ1v) is 15.7. The molecule has 9 rings (SSSR count). The monoisotopic (exact) mass is 601 g/mol. The molecule has 5 heteroatoms. The van der Waals surface area contributed by atoms with Gasteiger partial charge in [0.05, 0.1) is 22.6 Å². The first kappa shape index (κ1) is 26.9.